The van der Waals surface area contributed by atoms with Crippen molar-refractivity contribution in [1.29, 1.82) is 0 Å². The van der Waals surface area contributed by atoms with Crippen LogP contribution < -0.4 is 15.4 Å². The van der Waals surface area contributed by atoms with Gasteiger partial charge in [0.05, 0.1) is 30.8 Å². The zero-order valence-corrected chi connectivity index (χ0v) is 21.3. The summed E-state index contributed by atoms with van der Waals surface area (Å²) in [7, 11) is 1.54. The maximum absolute atomic E-state index is 13.5. The van der Waals surface area contributed by atoms with E-state index in [2.05, 4.69) is 25.9 Å². The molecular weight excluding hydrogens is 497 g/mol. The molecule has 198 valence electrons. The van der Waals surface area contributed by atoms with Crippen LogP contribution >= 0.6 is 0 Å². The lowest BCUT2D eigenvalue weighted by molar-refractivity contribution is -0.137. The van der Waals surface area contributed by atoms with Crippen molar-refractivity contribution in [2.75, 3.05) is 12.4 Å². The highest BCUT2D eigenvalue weighted by Crippen LogP contribution is 2.32. The first-order valence-corrected chi connectivity index (χ1v) is 11.8. The van der Waals surface area contributed by atoms with Crippen LogP contribution in [0.1, 0.15) is 40.9 Å². The number of pyridine rings is 1. The number of carbonyl (C=O) groups is 1. The summed E-state index contributed by atoms with van der Waals surface area (Å²) in [6, 6.07) is 10.4. The minimum absolute atomic E-state index is 0.0565. The van der Waals surface area contributed by atoms with Gasteiger partial charge in [-0.2, -0.15) is 13.2 Å². The van der Waals surface area contributed by atoms with Crippen molar-refractivity contribution in [1.82, 2.24) is 25.3 Å². The highest BCUT2D eigenvalue weighted by molar-refractivity contribution is 6.04. The Balaban J connectivity index is 1.60. The molecule has 8 nitrogen and oxygen atoms in total. The van der Waals surface area contributed by atoms with E-state index in [4.69, 9.17) is 4.74 Å². The van der Waals surface area contributed by atoms with Crippen LogP contribution in [-0.4, -0.2) is 39.0 Å². The smallest absolute Gasteiger partial charge is 0.416 e. The van der Waals surface area contributed by atoms with Crippen LogP contribution in [0.3, 0.4) is 0 Å². The summed E-state index contributed by atoms with van der Waals surface area (Å²) in [6.45, 7) is 5.89. The third-order valence-electron chi connectivity index (χ3n) is 5.75. The second-order valence-corrected chi connectivity index (χ2v) is 9.07. The molecule has 0 radical (unpaired) electrons. The second-order valence-electron chi connectivity index (χ2n) is 9.07. The molecule has 11 heteroatoms. The van der Waals surface area contributed by atoms with Gasteiger partial charge in [-0.05, 0) is 54.4 Å². The van der Waals surface area contributed by atoms with Gasteiger partial charge in [0.15, 0.2) is 0 Å². The maximum atomic E-state index is 13.5. The minimum atomic E-state index is -4.55. The summed E-state index contributed by atoms with van der Waals surface area (Å²) in [4.78, 5) is 17.2. The average Bonchev–Trinajstić information content (AvgIpc) is 3.37. The molecule has 0 fully saturated rings. The van der Waals surface area contributed by atoms with Crippen LogP contribution in [0.15, 0.2) is 61.1 Å². The van der Waals surface area contributed by atoms with E-state index in [-0.39, 0.29) is 23.8 Å². The number of aromatic nitrogens is 4. The lowest BCUT2D eigenvalue weighted by Crippen LogP contribution is -2.22. The molecule has 0 atom stereocenters. The van der Waals surface area contributed by atoms with Crippen molar-refractivity contribution < 1.29 is 22.7 Å². The van der Waals surface area contributed by atoms with Gasteiger partial charge in [0.1, 0.15) is 11.4 Å². The normalized spacial score (nSPS) is 11.6. The molecule has 2 aromatic carbocycles. The van der Waals surface area contributed by atoms with Crippen molar-refractivity contribution in [3.63, 3.8) is 0 Å². The Morgan fingerprint density at radius 2 is 1.89 bits per heavy atom. The molecule has 2 N–H and O–H groups in total. The molecule has 0 aliphatic rings. The number of halogens is 3. The molecule has 4 aromatic rings. The number of nitrogens with one attached hydrogen (secondary N) is 2. The number of alkyl halides is 3. The van der Waals surface area contributed by atoms with E-state index in [9.17, 15) is 18.0 Å². The highest BCUT2D eigenvalue weighted by Gasteiger charge is 2.31. The Morgan fingerprint density at radius 1 is 1.11 bits per heavy atom. The number of ether oxygens (including phenoxy) is 1. The molecule has 1 amide bonds. The standard InChI is InChI=1S/C27H27F3N6O2/c1-16(2)32-12-18-7-21(27(28,29)30)11-22(8-18)33-26(37)19-6-5-17(3)25(10-19)36-15-24(34-35-36)20-9-23(38-4)14-31-13-20/h5-11,13-16,32H,12H2,1-4H3,(H,33,37). The van der Waals surface area contributed by atoms with Crippen LogP contribution in [-0.2, 0) is 12.7 Å². The SMILES string of the molecule is COc1cncc(-c2cn(-c3cc(C(=O)Nc4cc(CNC(C)C)cc(C(F)(F)F)c4)ccc3C)nn2)c1. The van der Waals surface area contributed by atoms with E-state index in [1.807, 2.05) is 20.8 Å². The monoisotopic (exact) mass is 524 g/mol. The Labute approximate surface area is 217 Å². The van der Waals surface area contributed by atoms with Crippen molar-refractivity contribution in [2.24, 2.45) is 0 Å². The van der Waals surface area contributed by atoms with E-state index in [1.165, 1.54) is 10.7 Å². The Hall–Kier alpha value is -4.25. The van der Waals surface area contributed by atoms with Crippen LogP contribution in [0.25, 0.3) is 16.9 Å². The van der Waals surface area contributed by atoms with Gasteiger partial charge in [-0.3, -0.25) is 9.78 Å². The van der Waals surface area contributed by atoms with Gasteiger partial charge in [0.2, 0.25) is 0 Å². The van der Waals surface area contributed by atoms with E-state index >= 15 is 0 Å². The van der Waals surface area contributed by atoms with Gasteiger partial charge < -0.3 is 15.4 Å². The molecule has 2 aromatic heterocycles. The van der Waals surface area contributed by atoms with Crippen molar-refractivity contribution in [3.05, 3.63) is 83.3 Å². The average molecular weight is 525 g/mol. The number of amides is 1. The van der Waals surface area contributed by atoms with Crippen LogP contribution in [0, 0.1) is 6.92 Å². The third-order valence-corrected chi connectivity index (χ3v) is 5.75. The first kappa shape index (κ1) is 26.8. The minimum Gasteiger partial charge on any atom is -0.495 e. The lowest BCUT2D eigenvalue weighted by Gasteiger charge is -2.15. The van der Waals surface area contributed by atoms with Gasteiger partial charge >= 0.3 is 6.18 Å². The van der Waals surface area contributed by atoms with Gasteiger partial charge in [0, 0.05) is 35.6 Å². The molecule has 0 spiro atoms. The third kappa shape index (κ3) is 6.35. The zero-order chi connectivity index (χ0) is 27.4. The highest BCUT2D eigenvalue weighted by atomic mass is 19.4. The lowest BCUT2D eigenvalue weighted by atomic mass is 10.1. The number of carbonyl (C=O) groups excluding carboxylic acids is 1. The predicted molar refractivity (Wildman–Crippen MR) is 137 cm³/mol. The molecule has 0 saturated carbocycles. The summed E-state index contributed by atoms with van der Waals surface area (Å²) in [5.41, 5.74) is 2.57. The maximum Gasteiger partial charge on any atom is 0.416 e. The topological polar surface area (TPSA) is 94.0 Å². The zero-order valence-electron chi connectivity index (χ0n) is 21.3. The van der Waals surface area contributed by atoms with Crippen molar-refractivity contribution in [3.8, 4) is 22.7 Å². The van der Waals surface area contributed by atoms with Crippen molar-refractivity contribution in [2.45, 2.75) is 39.5 Å². The molecular formula is C27H27F3N6O2. The summed E-state index contributed by atoms with van der Waals surface area (Å²) < 4.78 is 47.2. The van der Waals surface area contributed by atoms with Crippen LogP contribution in [0.5, 0.6) is 5.75 Å². The number of benzene rings is 2. The summed E-state index contributed by atoms with van der Waals surface area (Å²) in [6.07, 6.45) is 0.358. The quantitative estimate of drug-likeness (QED) is 0.320. The Bertz CT molecular complexity index is 1450. The molecule has 0 bridgehead atoms. The number of aryl methyl sites for hydroxylation is 1. The number of methoxy groups -OCH3 is 1. The Morgan fingerprint density at radius 3 is 2.61 bits per heavy atom. The first-order valence-electron chi connectivity index (χ1n) is 11.8. The summed E-state index contributed by atoms with van der Waals surface area (Å²) in [5.74, 6) is 0.0234. The largest absolute Gasteiger partial charge is 0.495 e. The van der Waals surface area contributed by atoms with E-state index in [1.54, 1.807) is 50.0 Å². The molecule has 0 unspecified atom stereocenters. The summed E-state index contributed by atoms with van der Waals surface area (Å²) >= 11 is 0. The number of nitrogens with zero attached hydrogens (tertiary/aromatic N) is 4. The molecule has 0 saturated heterocycles. The summed E-state index contributed by atoms with van der Waals surface area (Å²) in [5, 5.41) is 14.1. The molecule has 4 rings (SSSR count). The van der Waals surface area contributed by atoms with Gasteiger partial charge in [-0.25, -0.2) is 4.68 Å². The van der Waals surface area contributed by atoms with E-state index in [0.29, 0.717) is 28.3 Å². The molecule has 38 heavy (non-hydrogen) atoms. The van der Waals surface area contributed by atoms with Gasteiger partial charge in [-0.1, -0.05) is 25.1 Å². The molecule has 2 heterocycles. The van der Waals surface area contributed by atoms with Crippen molar-refractivity contribution >= 4 is 11.6 Å². The predicted octanol–water partition coefficient (Wildman–Crippen LogP) is 5.42. The van der Waals surface area contributed by atoms with E-state index in [0.717, 1.165) is 17.7 Å². The Kier molecular flexibility index (Phi) is 7.77. The fourth-order valence-electron chi connectivity index (χ4n) is 3.74. The number of rotatable bonds is 8. The first-order chi connectivity index (χ1) is 18.0. The fraction of sp³-hybridized carbons (Fsp3) is 0.259. The van der Waals surface area contributed by atoms with Crippen LogP contribution in [0.4, 0.5) is 18.9 Å². The van der Waals surface area contributed by atoms with Crippen LogP contribution in [0.2, 0.25) is 0 Å². The number of hydrogen-bond donors (Lipinski definition) is 2. The fourth-order valence-corrected chi connectivity index (χ4v) is 3.74. The van der Waals surface area contributed by atoms with Gasteiger partial charge in [0.25, 0.3) is 5.91 Å². The molecule has 0 aliphatic heterocycles. The number of anilines is 1. The van der Waals surface area contributed by atoms with Gasteiger partial charge in [-0.15, -0.1) is 5.10 Å². The second kappa shape index (κ2) is 11.0. The molecule has 0 aliphatic carbocycles. The number of hydrogen-bond acceptors (Lipinski definition) is 6. The van der Waals surface area contributed by atoms with E-state index < -0.39 is 17.6 Å².